The number of ether oxygens (including phenoxy) is 1. The summed E-state index contributed by atoms with van der Waals surface area (Å²) in [6.45, 7) is 7.20. The number of likely N-dealkylation sites (N-methyl/N-ethyl adjacent to an activating group) is 1. The Kier molecular flexibility index (Phi) is 2.18. The predicted octanol–water partition coefficient (Wildman–Crippen LogP) is 0.921. The van der Waals surface area contributed by atoms with Crippen molar-refractivity contribution in [1.29, 1.82) is 0 Å². The fourth-order valence-electron chi connectivity index (χ4n) is 2.05. The highest BCUT2D eigenvalue weighted by Crippen LogP contribution is 2.30. The van der Waals surface area contributed by atoms with Gasteiger partial charge in [-0.2, -0.15) is 0 Å². The van der Waals surface area contributed by atoms with Crippen LogP contribution in [0.25, 0.3) is 0 Å². The first-order valence-electron chi connectivity index (χ1n) is 5.16. The molecule has 4 nitrogen and oxygen atoms in total. The molecular formula is C10H18N2O2. The normalized spacial score (nSPS) is 31.5. The van der Waals surface area contributed by atoms with Gasteiger partial charge in [0, 0.05) is 25.7 Å². The van der Waals surface area contributed by atoms with Crippen molar-refractivity contribution in [3.8, 4) is 0 Å². The van der Waals surface area contributed by atoms with Crippen LogP contribution in [0.15, 0.2) is 0 Å². The fraction of sp³-hybridized carbons (Fsp3) is 0.900. The van der Waals surface area contributed by atoms with Crippen molar-refractivity contribution in [1.82, 2.24) is 9.80 Å². The lowest BCUT2D eigenvalue weighted by Crippen LogP contribution is -2.58. The summed E-state index contributed by atoms with van der Waals surface area (Å²) in [5.74, 6) is 0. The molecule has 2 saturated heterocycles. The van der Waals surface area contributed by atoms with E-state index in [-0.39, 0.29) is 12.2 Å². The molecule has 4 heteroatoms. The molecule has 0 saturated carbocycles. The van der Waals surface area contributed by atoms with E-state index in [0.717, 1.165) is 19.6 Å². The van der Waals surface area contributed by atoms with E-state index in [1.807, 2.05) is 0 Å². The molecule has 0 radical (unpaired) electrons. The van der Waals surface area contributed by atoms with Gasteiger partial charge < -0.3 is 9.64 Å². The lowest BCUT2D eigenvalue weighted by Gasteiger charge is -2.49. The van der Waals surface area contributed by atoms with Gasteiger partial charge in [-0.25, -0.2) is 4.79 Å². The highest BCUT2D eigenvalue weighted by Gasteiger charge is 2.39. The second-order valence-corrected chi connectivity index (χ2v) is 4.89. The summed E-state index contributed by atoms with van der Waals surface area (Å²) in [6.07, 6.45) is 1.11. The largest absolute Gasteiger partial charge is 0.443 e. The summed E-state index contributed by atoms with van der Waals surface area (Å²) >= 11 is 0. The Morgan fingerprint density at radius 2 is 2.29 bits per heavy atom. The molecule has 1 unspecified atom stereocenters. The van der Waals surface area contributed by atoms with Gasteiger partial charge in [0.05, 0.1) is 6.54 Å². The van der Waals surface area contributed by atoms with Crippen LogP contribution < -0.4 is 0 Å². The molecule has 2 aliphatic heterocycles. The molecule has 2 fully saturated rings. The molecule has 1 atom stereocenters. The number of nitrogens with zero attached hydrogens (tertiary/aromatic N) is 2. The van der Waals surface area contributed by atoms with E-state index in [2.05, 4.69) is 18.7 Å². The van der Waals surface area contributed by atoms with Crippen LogP contribution in [0.2, 0.25) is 0 Å². The van der Waals surface area contributed by atoms with Crippen LogP contribution in [-0.2, 0) is 4.74 Å². The number of carbonyl (C=O) groups is 1. The van der Waals surface area contributed by atoms with Gasteiger partial charge in [-0.05, 0) is 20.3 Å². The highest BCUT2D eigenvalue weighted by atomic mass is 16.6. The van der Waals surface area contributed by atoms with Crippen molar-refractivity contribution in [2.75, 3.05) is 26.7 Å². The topological polar surface area (TPSA) is 32.8 Å². The third-order valence-electron chi connectivity index (χ3n) is 3.33. The summed E-state index contributed by atoms with van der Waals surface area (Å²) < 4.78 is 5.22. The van der Waals surface area contributed by atoms with E-state index in [1.54, 1.807) is 11.9 Å². The average Bonchev–Trinajstić information content (AvgIpc) is 2.41. The molecule has 14 heavy (non-hydrogen) atoms. The zero-order valence-corrected chi connectivity index (χ0v) is 9.12. The third-order valence-corrected chi connectivity index (χ3v) is 3.33. The molecular weight excluding hydrogens is 180 g/mol. The monoisotopic (exact) mass is 198 g/mol. The van der Waals surface area contributed by atoms with Gasteiger partial charge in [0.2, 0.25) is 0 Å². The van der Waals surface area contributed by atoms with Gasteiger partial charge in [-0.15, -0.1) is 0 Å². The van der Waals surface area contributed by atoms with Gasteiger partial charge in [0.1, 0.15) is 6.10 Å². The van der Waals surface area contributed by atoms with Crippen LogP contribution in [-0.4, -0.2) is 54.2 Å². The number of hydrogen-bond donors (Lipinski definition) is 0. The SMILES string of the molecule is CN1CC(CN2CCC2(C)C)OC1=O. The summed E-state index contributed by atoms with van der Waals surface area (Å²) in [7, 11) is 1.78. The number of rotatable bonds is 2. The van der Waals surface area contributed by atoms with Gasteiger partial charge in [-0.1, -0.05) is 0 Å². The zero-order chi connectivity index (χ0) is 10.3. The minimum atomic E-state index is -0.187. The van der Waals surface area contributed by atoms with Crippen LogP contribution in [0.4, 0.5) is 4.79 Å². The quantitative estimate of drug-likeness (QED) is 0.661. The number of likely N-dealkylation sites (tertiary alicyclic amines) is 1. The standard InChI is InChI=1S/C10H18N2O2/c1-10(2)4-5-12(10)7-8-6-11(3)9(13)14-8/h8H,4-7H2,1-3H3. The van der Waals surface area contributed by atoms with Crippen LogP contribution in [0, 0.1) is 0 Å². The maximum atomic E-state index is 11.1. The van der Waals surface area contributed by atoms with Crippen LogP contribution in [0.3, 0.4) is 0 Å². The molecule has 0 aromatic rings. The van der Waals surface area contributed by atoms with E-state index in [0.29, 0.717) is 5.54 Å². The van der Waals surface area contributed by atoms with Crippen molar-refractivity contribution in [3.63, 3.8) is 0 Å². The Morgan fingerprint density at radius 1 is 1.57 bits per heavy atom. The second-order valence-electron chi connectivity index (χ2n) is 4.89. The third kappa shape index (κ3) is 1.59. The van der Waals surface area contributed by atoms with Crippen molar-refractivity contribution in [3.05, 3.63) is 0 Å². The molecule has 1 amide bonds. The predicted molar refractivity (Wildman–Crippen MR) is 53.2 cm³/mol. The number of cyclic esters (lactones) is 1. The summed E-state index contributed by atoms with van der Waals surface area (Å²) in [5.41, 5.74) is 0.299. The van der Waals surface area contributed by atoms with Crippen molar-refractivity contribution in [2.24, 2.45) is 0 Å². The Labute approximate surface area is 84.8 Å². The maximum absolute atomic E-state index is 11.1. The number of hydrogen-bond acceptors (Lipinski definition) is 3. The molecule has 0 aromatic carbocycles. The highest BCUT2D eigenvalue weighted by molar-refractivity contribution is 5.69. The van der Waals surface area contributed by atoms with E-state index < -0.39 is 0 Å². The first-order chi connectivity index (χ1) is 6.49. The minimum absolute atomic E-state index is 0.0621. The fourth-order valence-corrected chi connectivity index (χ4v) is 2.05. The molecule has 0 bridgehead atoms. The molecule has 2 heterocycles. The molecule has 0 aliphatic carbocycles. The van der Waals surface area contributed by atoms with Crippen molar-refractivity contribution in [2.45, 2.75) is 31.9 Å². The van der Waals surface area contributed by atoms with Crippen LogP contribution >= 0.6 is 0 Å². The Hall–Kier alpha value is -0.770. The van der Waals surface area contributed by atoms with Gasteiger partial charge >= 0.3 is 6.09 Å². The minimum Gasteiger partial charge on any atom is -0.443 e. The molecule has 0 N–H and O–H groups in total. The van der Waals surface area contributed by atoms with E-state index >= 15 is 0 Å². The molecule has 2 rings (SSSR count). The lowest BCUT2D eigenvalue weighted by molar-refractivity contribution is -0.0148. The average molecular weight is 198 g/mol. The van der Waals surface area contributed by atoms with E-state index in [9.17, 15) is 4.79 Å². The Morgan fingerprint density at radius 3 is 2.64 bits per heavy atom. The molecule has 0 aromatic heterocycles. The first kappa shape index (κ1) is 9.77. The lowest BCUT2D eigenvalue weighted by atomic mass is 9.88. The number of amides is 1. The van der Waals surface area contributed by atoms with E-state index in [4.69, 9.17) is 4.74 Å². The first-order valence-corrected chi connectivity index (χ1v) is 5.16. The smallest absolute Gasteiger partial charge is 0.410 e. The Bertz CT molecular complexity index is 253. The van der Waals surface area contributed by atoms with Crippen LogP contribution in [0.5, 0.6) is 0 Å². The maximum Gasteiger partial charge on any atom is 0.410 e. The summed E-state index contributed by atoms with van der Waals surface area (Å²) in [5, 5.41) is 0. The molecule has 2 aliphatic rings. The Balaban J connectivity index is 1.85. The summed E-state index contributed by atoms with van der Waals surface area (Å²) in [4.78, 5) is 15.1. The molecule has 80 valence electrons. The van der Waals surface area contributed by atoms with Gasteiger partial charge in [0.15, 0.2) is 0 Å². The number of carbonyl (C=O) groups excluding carboxylic acids is 1. The summed E-state index contributed by atoms with van der Waals surface area (Å²) in [6, 6.07) is 0. The van der Waals surface area contributed by atoms with E-state index in [1.165, 1.54) is 6.42 Å². The molecule has 0 spiro atoms. The van der Waals surface area contributed by atoms with Crippen molar-refractivity contribution < 1.29 is 9.53 Å². The van der Waals surface area contributed by atoms with Crippen molar-refractivity contribution >= 4 is 6.09 Å². The zero-order valence-electron chi connectivity index (χ0n) is 9.12. The second kappa shape index (κ2) is 3.12. The van der Waals surface area contributed by atoms with Crippen LogP contribution in [0.1, 0.15) is 20.3 Å². The van der Waals surface area contributed by atoms with Gasteiger partial charge in [-0.3, -0.25) is 4.90 Å². The van der Waals surface area contributed by atoms with Gasteiger partial charge in [0.25, 0.3) is 0 Å².